The lowest BCUT2D eigenvalue weighted by atomic mass is 10.1. The zero-order valence-corrected chi connectivity index (χ0v) is 11.1. The van der Waals surface area contributed by atoms with Crippen molar-refractivity contribution in [3.63, 3.8) is 0 Å². The minimum absolute atomic E-state index is 0.00807. The predicted molar refractivity (Wildman–Crippen MR) is 69.5 cm³/mol. The molecule has 6 heteroatoms. The summed E-state index contributed by atoms with van der Waals surface area (Å²) in [5.41, 5.74) is 0.565. The number of carbonyl (C=O) groups excluding carboxylic acids is 2. The third-order valence-corrected chi connectivity index (χ3v) is 2.99. The first kappa shape index (κ1) is 13.2. The molecular weight excluding hydrogens is 248 g/mol. The van der Waals surface area contributed by atoms with Crippen LogP contribution >= 0.6 is 0 Å². The van der Waals surface area contributed by atoms with Gasteiger partial charge >= 0.3 is 0 Å². The summed E-state index contributed by atoms with van der Waals surface area (Å²) in [5, 5.41) is 2.59. The number of rotatable bonds is 3. The highest BCUT2D eigenvalue weighted by molar-refractivity contribution is 6.07. The summed E-state index contributed by atoms with van der Waals surface area (Å²) in [7, 11) is 3.06. The second kappa shape index (κ2) is 5.17. The maximum atomic E-state index is 12.1. The quantitative estimate of drug-likeness (QED) is 0.866. The molecule has 0 bridgehead atoms. The van der Waals surface area contributed by atoms with E-state index in [0.29, 0.717) is 17.2 Å². The summed E-state index contributed by atoms with van der Waals surface area (Å²) >= 11 is 0. The van der Waals surface area contributed by atoms with Gasteiger partial charge in [0.1, 0.15) is 24.1 Å². The standard InChI is InChI=1S/C13H16N2O4/c1-8-13(17)15(7-12(16)14-8)10-5-4-9(18-2)6-11(10)19-3/h4-6,8H,7H2,1-3H3,(H,14,16). The van der Waals surface area contributed by atoms with Crippen LogP contribution in [0.5, 0.6) is 11.5 Å². The van der Waals surface area contributed by atoms with Crippen molar-refractivity contribution in [1.82, 2.24) is 5.32 Å². The van der Waals surface area contributed by atoms with Crippen LogP contribution in [0.15, 0.2) is 18.2 Å². The molecule has 1 aromatic carbocycles. The highest BCUT2D eigenvalue weighted by Crippen LogP contribution is 2.33. The Hall–Kier alpha value is -2.24. The average Bonchev–Trinajstić information content (AvgIpc) is 2.42. The van der Waals surface area contributed by atoms with E-state index in [-0.39, 0.29) is 18.4 Å². The maximum absolute atomic E-state index is 12.1. The molecule has 1 N–H and O–H groups in total. The largest absolute Gasteiger partial charge is 0.497 e. The Morgan fingerprint density at radius 2 is 2.00 bits per heavy atom. The highest BCUT2D eigenvalue weighted by atomic mass is 16.5. The van der Waals surface area contributed by atoms with Crippen LogP contribution in [0.3, 0.4) is 0 Å². The van der Waals surface area contributed by atoms with E-state index in [1.54, 1.807) is 32.2 Å². The molecule has 1 atom stereocenters. The SMILES string of the molecule is COc1ccc(N2CC(=O)NC(C)C2=O)c(OC)c1. The van der Waals surface area contributed by atoms with Gasteiger partial charge < -0.3 is 14.8 Å². The molecule has 102 valence electrons. The molecule has 1 fully saturated rings. The monoisotopic (exact) mass is 264 g/mol. The van der Waals surface area contributed by atoms with Crippen molar-refractivity contribution in [2.45, 2.75) is 13.0 Å². The zero-order valence-electron chi connectivity index (χ0n) is 11.1. The molecule has 1 saturated heterocycles. The first-order chi connectivity index (χ1) is 9.06. The van der Waals surface area contributed by atoms with Crippen molar-refractivity contribution in [2.75, 3.05) is 25.7 Å². The van der Waals surface area contributed by atoms with Crippen LogP contribution in [0.2, 0.25) is 0 Å². The molecule has 6 nitrogen and oxygen atoms in total. The van der Waals surface area contributed by atoms with Gasteiger partial charge in [-0.1, -0.05) is 0 Å². The van der Waals surface area contributed by atoms with Crippen LogP contribution in [0.1, 0.15) is 6.92 Å². The van der Waals surface area contributed by atoms with E-state index in [1.807, 2.05) is 0 Å². The van der Waals surface area contributed by atoms with Crippen LogP contribution in [-0.4, -0.2) is 38.6 Å². The molecule has 1 heterocycles. The molecule has 2 rings (SSSR count). The number of ether oxygens (including phenoxy) is 2. The van der Waals surface area contributed by atoms with Crippen LogP contribution in [-0.2, 0) is 9.59 Å². The van der Waals surface area contributed by atoms with Crippen molar-refractivity contribution in [1.29, 1.82) is 0 Å². The number of methoxy groups -OCH3 is 2. The molecule has 1 aliphatic rings. The van der Waals surface area contributed by atoms with E-state index in [2.05, 4.69) is 5.32 Å². The van der Waals surface area contributed by atoms with E-state index in [4.69, 9.17) is 9.47 Å². The van der Waals surface area contributed by atoms with Crippen LogP contribution in [0, 0.1) is 0 Å². The van der Waals surface area contributed by atoms with Gasteiger partial charge in [-0.05, 0) is 19.1 Å². The minimum Gasteiger partial charge on any atom is -0.497 e. The Morgan fingerprint density at radius 1 is 1.26 bits per heavy atom. The highest BCUT2D eigenvalue weighted by Gasteiger charge is 2.32. The molecule has 0 aromatic heterocycles. The molecule has 19 heavy (non-hydrogen) atoms. The fourth-order valence-corrected chi connectivity index (χ4v) is 2.02. The molecule has 0 aliphatic carbocycles. The molecule has 0 radical (unpaired) electrons. The number of amides is 2. The van der Waals surface area contributed by atoms with Gasteiger partial charge in [-0.25, -0.2) is 0 Å². The van der Waals surface area contributed by atoms with Gasteiger partial charge in [0.2, 0.25) is 11.8 Å². The summed E-state index contributed by atoms with van der Waals surface area (Å²) in [5.74, 6) is 0.769. The summed E-state index contributed by atoms with van der Waals surface area (Å²) in [6, 6.07) is 4.58. The Labute approximate surface area is 111 Å². The molecular formula is C13H16N2O4. The van der Waals surface area contributed by atoms with Crippen molar-refractivity contribution in [3.05, 3.63) is 18.2 Å². The number of nitrogens with zero attached hydrogens (tertiary/aromatic N) is 1. The summed E-state index contributed by atoms with van der Waals surface area (Å²) in [6.45, 7) is 1.65. The number of nitrogens with one attached hydrogen (secondary N) is 1. The lowest BCUT2D eigenvalue weighted by Crippen LogP contribution is -2.57. The van der Waals surface area contributed by atoms with E-state index in [9.17, 15) is 9.59 Å². The smallest absolute Gasteiger partial charge is 0.249 e. The van der Waals surface area contributed by atoms with Gasteiger partial charge in [-0.15, -0.1) is 0 Å². The maximum Gasteiger partial charge on any atom is 0.249 e. The normalized spacial score (nSPS) is 19.1. The van der Waals surface area contributed by atoms with Crippen molar-refractivity contribution in [2.24, 2.45) is 0 Å². The Morgan fingerprint density at radius 3 is 2.63 bits per heavy atom. The second-order valence-electron chi connectivity index (χ2n) is 4.25. The first-order valence-electron chi connectivity index (χ1n) is 5.89. The molecule has 1 aromatic rings. The molecule has 0 spiro atoms. The Bertz CT molecular complexity index is 515. The van der Waals surface area contributed by atoms with Crippen LogP contribution in [0.25, 0.3) is 0 Å². The average molecular weight is 264 g/mol. The van der Waals surface area contributed by atoms with E-state index < -0.39 is 6.04 Å². The van der Waals surface area contributed by atoms with Crippen molar-refractivity contribution >= 4 is 17.5 Å². The van der Waals surface area contributed by atoms with E-state index >= 15 is 0 Å². The van der Waals surface area contributed by atoms with Crippen LogP contribution in [0.4, 0.5) is 5.69 Å². The summed E-state index contributed by atoms with van der Waals surface area (Å²) in [6.07, 6.45) is 0. The fraction of sp³-hybridized carbons (Fsp3) is 0.385. The van der Waals surface area contributed by atoms with Gasteiger partial charge in [-0.3, -0.25) is 14.5 Å². The number of anilines is 1. The van der Waals surface area contributed by atoms with Crippen molar-refractivity contribution in [3.8, 4) is 11.5 Å². The number of hydrogen-bond acceptors (Lipinski definition) is 4. The fourth-order valence-electron chi connectivity index (χ4n) is 2.02. The number of benzene rings is 1. The molecule has 1 unspecified atom stereocenters. The Kier molecular flexibility index (Phi) is 3.59. The summed E-state index contributed by atoms with van der Waals surface area (Å²) in [4.78, 5) is 25.1. The lowest BCUT2D eigenvalue weighted by Gasteiger charge is -2.31. The second-order valence-corrected chi connectivity index (χ2v) is 4.25. The van der Waals surface area contributed by atoms with E-state index in [1.165, 1.54) is 12.0 Å². The zero-order chi connectivity index (χ0) is 14.0. The first-order valence-corrected chi connectivity index (χ1v) is 5.89. The molecule has 2 amide bonds. The van der Waals surface area contributed by atoms with Gasteiger partial charge in [0.05, 0.1) is 19.9 Å². The van der Waals surface area contributed by atoms with Gasteiger partial charge in [0, 0.05) is 6.07 Å². The van der Waals surface area contributed by atoms with E-state index in [0.717, 1.165) is 0 Å². The molecule has 1 aliphatic heterocycles. The predicted octanol–water partition coefficient (Wildman–Crippen LogP) is 0.555. The van der Waals surface area contributed by atoms with Gasteiger partial charge in [0.25, 0.3) is 0 Å². The summed E-state index contributed by atoms with van der Waals surface area (Å²) < 4.78 is 10.4. The topological polar surface area (TPSA) is 67.9 Å². The Balaban J connectivity index is 2.39. The van der Waals surface area contributed by atoms with Crippen LogP contribution < -0.4 is 19.7 Å². The number of carbonyl (C=O) groups is 2. The minimum atomic E-state index is -0.534. The van der Waals surface area contributed by atoms with Gasteiger partial charge in [-0.2, -0.15) is 0 Å². The third-order valence-electron chi connectivity index (χ3n) is 2.99. The number of hydrogen-bond donors (Lipinski definition) is 1. The number of piperazine rings is 1. The lowest BCUT2D eigenvalue weighted by molar-refractivity contribution is -0.130. The third kappa shape index (κ3) is 2.47. The van der Waals surface area contributed by atoms with Crippen molar-refractivity contribution < 1.29 is 19.1 Å². The molecule has 0 saturated carbocycles. The van der Waals surface area contributed by atoms with Gasteiger partial charge in [0.15, 0.2) is 0 Å².